The fourth-order valence-corrected chi connectivity index (χ4v) is 5.20. The van der Waals surface area contributed by atoms with Crippen LogP contribution >= 0.6 is 0 Å². The van der Waals surface area contributed by atoms with E-state index in [4.69, 9.17) is 4.74 Å². The smallest absolute Gasteiger partial charge is 0.312 e. The van der Waals surface area contributed by atoms with Gasteiger partial charge in [-0.1, -0.05) is 50.0 Å². The fourth-order valence-electron chi connectivity index (χ4n) is 2.64. The molecule has 92 valence electrons. The van der Waals surface area contributed by atoms with E-state index in [0.717, 1.165) is 6.42 Å². The molecule has 0 saturated carbocycles. The Morgan fingerprint density at radius 2 is 1.82 bits per heavy atom. The molecule has 1 fully saturated rings. The van der Waals surface area contributed by atoms with Crippen molar-refractivity contribution in [3.8, 4) is 0 Å². The first-order valence-electron chi connectivity index (χ1n) is 6.13. The molecular formula is C14H20O2Si. The average molecular weight is 248 g/mol. The monoisotopic (exact) mass is 248 g/mol. The highest BCUT2D eigenvalue weighted by molar-refractivity contribution is 6.79. The van der Waals surface area contributed by atoms with Gasteiger partial charge in [-0.05, 0) is 12.5 Å². The van der Waals surface area contributed by atoms with Crippen LogP contribution in [0.15, 0.2) is 30.3 Å². The lowest BCUT2D eigenvalue weighted by atomic mass is 9.92. The Labute approximate surface area is 104 Å². The summed E-state index contributed by atoms with van der Waals surface area (Å²) in [6, 6.07) is 10.3. The van der Waals surface area contributed by atoms with Crippen LogP contribution in [0.1, 0.15) is 12.5 Å². The van der Waals surface area contributed by atoms with Crippen LogP contribution in [0.4, 0.5) is 0 Å². The molecule has 0 aromatic heterocycles. The van der Waals surface area contributed by atoms with Crippen LogP contribution < -0.4 is 0 Å². The lowest BCUT2D eigenvalue weighted by Crippen LogP contribution is -2.70. The van der Waals surface area contributed by atoms with Gasteiger partial charge in [0.25, 0.3) is 0 Å². The van der Waals surface area contributed by atoms with Crippen molar-refractivity contribution in [1.82, 2.24) is 0 Å². The third-order valence-corrected chi connectivity index (χ3v) is 7.17. The number of cyclic esters (lactones) is 1. The van der Waals surface area contributed by atoms with Crippen LogP contribution in [0.3, 0.4) is 0 Å². The van der Waals surface area contributed by atoms with E-state index >= 15 is 0 Å². The van der Waals surface area contributed by atoms with Crippen molar-refractivity contribution in [3.63, 3.8) is 0 Å². The Balaban J connectivity index is 2.28. The molecule has 0 aliphatic carbocycles. The molecule has 2 rings (SSSR count). The molecule has 0 radical (unpaired) electrons. The molecule has 1 aliphatic rings. The lowest BCUT2D eigenvalue weighted by molar-refractivity contribution is -0.193. The van der Waals surface area contributed by atoms with Crippen LogP contribution in [-0.4, -0.2) is 19.3 Å². The molecule has 3 heteroatoms. The molecule has 0 N–H and O–H groups in total. The van der Waals surface area contributed by atoms with Crippen molar-refractivity contribution in [3.05, 3.63) is 35.9 Å². The predicted molar refractivity (Wildman–Crippen MR) is 71.5 cm³/mol. The number of esters is 1. The van der Waals surface area contributed by atoms with Gasteiger partial charge < -0.3 is 4.74 Å². The van der Waals surface area contributed by atoms with Crippen LogP contribution in [0, 0.1) is 5.92 Å². The van der Waals surface area contributed by atoms with Crippen molar-refractivity contribution < 1.29 is 9.53 Å². The minimum atomic E-state index is -1.55. The highest BCUT2D eigenvalue weighted by Crippen LogP contribution is 2.44. The van der Waals surface area contributed by atoms with Crippen LogP contribution in [-0.2, 0) is 16.0 Å². The largest absolute Gasteiger partial charge is 0.461 e. The molecule has 0 amide bonds. The van der Waals surface area contributed by atoms with Crippen molar-refractivity contribution in [2.75, 3.05) is 0 Å². The summed E-state index contributed by atoms with van der Waals surface area (Å²) >= 11 is 0. The topological polar surface area (TPSA) is 26.3 Å². The fraction of sp³-hybridized carbons (Fsp3) is 0.500. The van der Waals surface area contributed by atoms with Crippen LogP contribution in [0.2, 0.25) is 19.6 Å². The first-order valence-corrected chi connectivity index (χ1v) is 9.63. The Morgan fingerprint density at radius 3 is 2.24 bits per heavy atom. The second-order valence-electron chi connectivity index (χ2n) is 5.94. The van der Waals surface area contributed by atoms with Gasteiger partial charge in [-0.15, -0.1) is 0 Å². The zero-order valence-electron chi connectivity index (χ0n) is 11.0. The van der Waals surface area contributed by atoms with Crippen molar-refractivity contribution in [2.45, 2.75) is 38.2 Å². The van der Waals surface area contributed by atoms with Gasteiger partial charge in [-0.3, -0.25) is 4.79 Å². The summed E-state index contributed by atoms with van der Waals surface area (Å²) in [5.41, 5.74) is 1.26. The summed E-state index contributed by atoms with van der Waals surface area (Å²) in [6.45, 7) is 8.84. The van der Waals surface area contributed by atoms with E-state index in [1.807, 2.05) is 25.1 Å². The minimum Gasteiger partial charge on any atom is -0.461 e. The van der Waals surface area contributed by atoms with E-state index in [9.17, 15) is 4.79 Å². The Hall–Kier alpha value is -1.09. The SMILES string of the molecule is CC1C(=O)OC1(Cc1ccccc1)[Si](C)(C)C. The third-order valence-electron chi connectivity index (χ3n) is 3.91. The normalized spacial score (nSPS) is 28.5. The third kappa shape index (κ3) is 1.93. The molecule has 0 bridgehead atoms. The first kappa shape index (κ1) is 12.4. The number of carbonyl (C=O) groups excluding carboxylic acids is 1. The predicted octanol–water partition coefficient (Wildman–Crippen LogP) is 3.04. The van der Waals surface area contributed by atoms with Crippen LogP contribution in [0.5, 0.6) is 0 Å². The number of hydrogen-bond donors (Lipinski definition) is 0. The van der Waals surface area contributed by atoms with Crippen molar-refractivity contribution >= 4 is 14.0 Å². The zero-order valence-corrected chi connectivity index (χ0v) is 12.0. The second-order valence-corrected chi connectivity index (χ2v) is 11.3. The lowest BCUT2D eigenvalue weighted by Gasteiger charge is -2.53. The summed E-state index contributed by atoms with van der Waals surface area (Å²) in [4.78, 5) is 11.5. The van der Waals surface area contributed by atoms with E-state index in [2.05, 4.69) is 31.8 Å². The quantitative estimate of drug-likeness (QED) is 0.607. The first-order chi connectivity index (χ1) is 7.87. The molecule has 1 heterocycles. The highest BCUT2D eigenvalue weighted by atomic mass is 28.3. The second kappa shape index (κ2) is 3.98. The van der Waals surface area contributed by atoms with Gasteiger partial charge in [0.15, 0.2) is 0 Å². The van der Waals surface area contributed by atoms with Crippen LogP contribution in [0.25, 0.3) is 0 Å². The number of hydrogen-bond acceptors (Lipinski definition) is 2. The maximum Gasteiger partial charge on any atom is 0.312 e. The summed E-state index contributed by atoms with van der Waals surface area (Å²) in [5, 5.41) is -0.217. The summed E-state index contributed by atoms with van der Waals surface area (Å²) in [5.74, 6) is -0.00210. The Bertz CT molecular complexity index is 422. The number of rotatable bonds is 3. The van der Waals surface area contributed by atoms with Gasteiger partial charge in [-0.2, -0.15) is 0 Å². The summed E-state index contributed by atoms with van der Waals surface area (Å²) in [7, 11) is -1.55. The van der Waals surface area contributed by atoms with Gasteiger partial charge in [0.05, 0.1) is 14.0 Å². The molecule has 1 aliphatic heterocycles. The molecular weight excluding hydrogens is 228 g/mol. The minimum absolute atomic E-state index is 0.0365. The van der Waals surface area contributed by atoms with Gasteiger partial charge in [0.2, 0.25) is 0 Å². The highest BCUT2D eigenvalue weighted by Gasteiger charge is 2.60. The maximum atomic E-state index is 11.5. The number of ether oxygens (including phenoxy) is 1. The molecule has 1 aromatic carbocycles. The molecule has 2 unspecified atom stereocenters. The van der Waals surface area contributed by atoms with E-state index < -0.39 is 8.07 Å². The van der Waals surface area contributed by atoms with E-state index in [-0.39, 0.29) is 17.1 Å². The van der Waals surface area contributed by atoms with E-state index in [1.54, 1.807) is 0 Å². The van der Waals surface area contributed by atoms with Gasteiger partial charge in [0.1, 0.15) is 5.22 Å². The molecule has 17 heavy (non-hydrogen) atoms. The molecule has 1 aromatic rings. The van der Waals surface area contributed by atoms with Crippen molar-refractivity contribution in [1.29, 1.82) is 0 Å². The van der Waals surface area contributed by atoms with Gasteiger partial charge in [0, 0.05) is 6.42 Å². The maximum absolute atomic E-state index is 11.5. The number of carbonyl (C=O) groups is 1. The Kier molecular flexibility index (Phi) is 2.90. The van der Waals surface area contributed by atoms with E-state index in [0.29, 0.717) is 0 Å². The zero-order chi connectivity index (χ0) is 12.7. The summed E-state index contributed by atoms with van der Waals surface area (Å²) < 4.78 is 5.63. The van der Waals surface area contributed by atoms with Gasteiger partial charge in [-0.25, -0.2) is 0 Å². The summed E-state index contributed by atoms with van der Waals surface area (Å²) in [6.07, 6.45) is 0.858. The van der Waals surface area contributed by atoms with E-state index in [1.165, 1.54) is 5.56 Å². The van der Waals surface area contributed by atoms with Gasteiger partial charge >= 0.3 is 5.97 Å². The molecule has 0 spiro atoms. The average Bonchev–Trinajstić information content (AvgIpc) is 2.27. The molecule has 2 nitrogen and oxygen atoms in total. The molecule has 1 saturated heterocycles. The number of benzene rings is 1. The Morgan fingerprint density at radius 1 is 1.24 bits per heavy atom. The molecule has 2 atom stereocenters. The van der Waals surface area contributed by atoms with Crippen molar-refractivity contribution in [2.24, 2.45) is 5.92 Å². The standard InChI is InChI=1S/C14H20O2Si/c1-11-13(15)16-14(11,17(2,3)4)10-12-8-6-5-7-9-12/h5-9,11H,10H2,1-4H3.